The van der Waals surface area contributed by atoms with E-state index in [1.54, 1.807) is 0 Å². The summed E-state index contributed by atoms with van der Waals surface area (Å²) in [6.45, 7) is 15.2. The molecule has 0 aliphatic carbocycles. The van der Waals surface area contributed by atoms with Crippen LogP contribution in [0.1, 0.15) is 48.6 Å². The standard InChI is InChI=1S/C29H31N3/c1-18-8-10-23(16-20(18)3)27-30-26(22-12-14-25(15-13-22)29(5,6)7)31-28(32-27)24-11-9-19(2)21(4)17-24/h8-17H,1-7H3. The first kappa shape index (κ1) is 21.9. The molecule has 1 aromatic heterocycles. The summed E-state index contributed by atoms with van der Waals surface area (Å²) in [5.41, 5.74) is 9.38. The molecule has 3 aromatic carbocycles. The zero-order valence-electron chi connectivity index (χ0n) is 20.1. The van der Waals surface area contributed by atoms with Gasteiger partial charge < -0.3 is 0 Å². The number of aromatic nitrogens is 3. The van der Waals surface area contributed by atoms with E-state index in [4.69, 9.17) is 15.0 Å². The Kier molecular flexibility index (Phi) is 5.68. The third-order valence-corrected chi connectivity index (χ3v) is 6.17. The molecule has 4 aromatic rings. The Morgan fingerprint density at radius 2 is 0.844 bits per heavy atom. The van der Waals surface area contributed by atoms with Crippen molar-refractivity contribution in [2.75, 3.05) is 0 Å². The zero-order chi connectivity index (χ0) is 23.0. The summed E-state index contributed by atoms with van der Waals surface area (Å²) in [6.07, 6.45) is 0. The molecule has 0 saturated carbocycles. The van der Waals surface area contributed by atoms with E-state index in [9.17, 15) is 0 Å². The smallest absolute Gasteiger partial charge is 0.164 e. The van der Waals surface area contributed by atoms with Crippen LogP contribution < -0.4 is 0 Å². The highest BCUT2D eigenvalue weighted by Gasteiger charge is 2.16. The zero-order valence-corrected chi connectivity index (χ0v) is 20.1. The fraction of sp³-hybridized carbons (Fsp3) is 0.276. The molecule has 0 N–H and O–H groups in total. The molecule has 0 amide bonds. The first-order valence-electron chi connectivity index (χ1n) is 11.1. The van der Waals surface area contributed by atoms with Crippen molar-refractivity contribution in [3.63, 3.8) is 0 Å². The van der Waals surface area contributed by atoms with Gasteiger partial charge in [-0.1, -0.05) is 69.3 Å². The Labute approximate surface area is 191 Å². The monoisotopic (exact) mass is 421 g/mol. The molecule has 3 heteroatoms. The Morgan fingerprint density at radius 1 is 0.469 bits per heavy atom. The van der Waals surface area contributed by atoms with Gasteiger partial charge in [0.05, 0.1) is 0 Å². The van der Waals surface area contributed by atoms with Gasteiger partial charge in [-0.2, -0.15) is 0 Å². The average molecular weight is 422 g/mol. The first-order valence-corrected chi connectivity index (χ1v) is 11.1. The van der Waals surface area contributed by atoms with Gasteiger partial charge in [0.15, 0.2) is 17.5 Å². The summed E-state index contributed by atoms with van der Waals surface area (Å²) >= 11 is 0. The van der Waals surface area contributed by atoms with E-state index in [0.29, 0.717) is 17.5 Å². The van der Waals surface area contributed by atoms with Gasteiger partial charge in [-0.25, -0.2) is 15.0 Å². The van der Waals surface area contributed by atoms with Gasteiger partial charge >= 0.3 is 0 Å². The van der Waals surface area contributed by atoms with Crippen molar-refractivity contribution >= 4 is 0 Å². The molecule has 0 unspecified atom stereocenters. The Bertz CT molecular complexity index is 1210. The van der Waals surface area contributed by atoms with E-state index in [0.717, 1.165) is 16.7 Å². The van der Waals surface area contributed by atoms with Crippen LogP contribution in [0, 0.1) is 27.7 Å². The SMILES string of the molecule is Cc1ccc(-c2nc(-c3ccc(C(C)(C)C)cc3)nc(-c3ccc(C)c(C)c3)n2)cc1C. The Hall–Kier alpha value is -3.33. The highest BCUT2D eigenvalue weighted by molar-refractivity contribution is 5.67. The van der Waals surface area contributed by atoms with Crippen molar-refractivity contribution in [2.24, 2.45) is 0 Å². The second-order valence-corrected chi connectivity index (χ2v) is 9.73. The molecule has 4 rings (SSSR count). The molecule has 0 aliphatic heterocycles. The molecule has 162 valence electrons. The minimum Gasteiger partial charge on any atom is -0.208 e. The molecule has 0 spiro atoms. The van der Waals surface area contributed by atoms with Crippen LogP contribution in [0.3, 0.4) is 0 Å². The second kappa shape index (κ2) is 8.31. The lowest BCUT2D eigenvalue weighted by Crippen LogP contribution is -2.10. The molecule has 0 atom stereocenters. The summed E-state index contributed by atoms with van der Waals surface area (Å²) in [6, 6.07) is 21.3. The normalized spacial score (nSPS) is 11.6. The Balaban J connectivity index is 1.88. The van der Waals surface area contributed by atoms with E-state index in [1.807, 2.05) is 0 Å². The van der Waals surface area contributed by atoms with Crippen molar-refractivity contribution in [1.29, 1.82) is 0 Å². The molecule has 0 aliphatic rings. The van der Waals surface area contributed by atoms with Gasteiger partial charge in [0.2, 0.25) is 0 Å². The number of nitrogens with zero attached hydrogens (tertiary/aromatic N) is 3. The molecule has 0 saturated heterocycles. The highest BCUT2D eigenvalue weighted by Crippen LogP contribution is 2.28. The number of aryl methyl sites for hydroxylation is 4. The van der Waals surface area contributed by atoms with Crippen molar-refractivity contribution in [3.8, 4) is 34.2 Å². The summed E-state index contributed by atoms with van der Waals surface area (Å²) in [4.78, 5) is 14.6. The van der Waals surface area contributed by atoms with Crippen LogP contribution in [0.15, 0.2) is 60.7 Å². The van der Waals surface area contributed by atoms with Crippen LogP contribution in [0.5, 0.6) is 0 Å². The lowest BCUT2D eigenvalue weighted by molar-refractivity contribution is 0.590. The summed E-state index contributed by atoms with van der Waals surface area (Å²) < 4.78 is 0. The van der Waals surface area contributed by atoms with E-state index >= 15 is 0 Å². The van der Waals surface area contributed by atoms with Gasteiger partial charge in [0, 0.05) is 16.7 Å². The maximum Gasteiger partial charge on any atom is 0.164 e. The molecular formula is C29H31N3. The van der Waals surface area contributed by atoms with Crippen LogP contribution in [0.4, 0.5) is 0 Å². The predicted molar refractivity (Wildman–Crippen MR) is 134 cm³/mol. The summed E-state index contributed by atoms with van der Waals surface area (Å²) in [5.74, 6) is 2.10. The van der Waals surface area contributed by atoms with Crippen molar-refractivity contribution in [1.82, 2.24) is 15.0 Å². The topological polar surface area (TPSA) is 38.7 Å². The van der Waals surface area contributed by atoms with Gasteiger partial charge in [-0.15, -0.1) is 0 Å². The van der Waals surface area contributed by atoms with Crippen molar-refractivity contribution in [2.45, 2.75) is 53.9 Å². The van der Waals surface area contributed by atoms with E-state index < -0.39 is 0 Å². The van der Waals surface area contributed by atoms with Crippen LogP contribution in [0.2, 0.25) is 0 Å². The summed E-state index contributed by atoms with van der Waals surface area (Å²) in [5, 5.41) is 0. The van der Waals surface area contributed by atoms with Crippen molar-refractivity contribution in [3.05, 3.63) is 88.5 Å². The molecule has 0 fully saturated rings. The van der Waals surface area contributed by atoms with Crippen molar-refractivity contribution < 1.29 is 0 Å². The third-order valence-electron chi connectivity index (χ3n) is 6.17. The molecule has 0 bridgehead atoms. The number of hydrogen-bond donors (Lipinski definition) is 0. The average Bonchev–Trinajstić information content (AvgIpc) is 2.76. The maximum absolute atomic E-state index is 4.88. The number of rotatable bonds is 3. The lowest BCUT2D eigenvalue weighted by Gasteiger charge is -2.19. The van der Waals surface area contributed by atoms with Crippen LogP contribution in [-0.2, 0) is 5.41 Å². The fourth-order valence-corrected chi connectivity index (χ4v) is 3.64. The van der Waals surface area contributed by atoms with Crippen LogP contribution >= 0.6 is 0 Å². The summed E-state index contributed by atoms with van der Waals surface area (Å²) in [7, 11) is 0. The largest absolute Gasteiger partial charge is 0.208 e. The lowest BCUT2D eigenvalue weighted by atomic mass is 9.87. The van der Waals surface area contributed by atoms with Gasteiger partial charge in [-0.05, 0) is 73.1 Å². The van der Waals surface area contributed by atoms with Crippen LogP contribution in [-0.4, -0.2) is 15.0 Å². The number of benzene rings is 3. The molecule has 0 radical (unpaired) electrons. The number of hydrogen-bond acceptors (Lipinski definition) is 3. The Morgan fingerprint density at radius 3 is 1.22 bits per heavy atom. The molecule has 3 nitrogen and oxygen atoms in total. The van der Waals surface area contributed by atoms with Gasteiger partial charge in [0.25, 0.3) is 0 Å². The van der Waals surface area contributed by atoms with Crippen LogP contribution in [0.25, 0.3) is 34.2 Å². The van der Waals surface area contributed by atoms with Gasteiger partial charge in [-0.3, -0.25) is 0 Å². The molecular weight excluding hydrogens is 390 g/mol. The molecule has 32 heavy (non-hydrogen) atoms. The minimum absolute atomic E-state index is 0.104. The minimum atomic E-state index is 0.104. The van der Waals surface area contributed by atoms with E-state index in [2.05, 4.69) is 109 Å². The van der Waals surface area contributed by atoms with E-state index in [-0.39, 0.29) is 5.41 Å². The van der Waals surface area contributed by atoms with E-state index in [1.165, 1.54) is 27.8 Å². The predicted octanol–water partition coefficient (Wildman–Crippen LogP) is 7.40. The highest BCUT2D eigenvalue weighted by atomic mass is 15.0. The first-order chi connectivity index (χ1) is 15.1. The quantitative estimate of drug-likeness (QED) is 0.346. The fourth-order valence-electron chi connectivity index (χ4n) is 3.64. The molecule has 1 heterocycles. The third kappa shape index (κ3) is 4.47. The second-order valence-electron chi connectivity index (χ2n) is 9.73. The maximum atomic E-state index is 4.88. The van der Waals surface area contributed by atoms with Gasteiger partial charge in [0.1, 0.15) is 0 Å².